The third-order valence-corrected chi connectivity index (χ3v) is 3.25. The fourth-order valence-corrected chi connectivity index (χ4v) is 2.03. The van der Waals surface area contributed by atoms with Gasteiger partial charge in [0, 0.05) is 13.1 Å². The number of unbranched alkanes of at least 4 members (excludes halogenated alkanes) is 3. The van der Waals surface area contributed by atoms with Gasteiger partial charge in [-0.15, -0.1) is 5.73 Å². The second kappa shape index (κ2) is 9.90. The summed E-state index contributed by atoms with van der Waals surface area (Å²) in [7, 11) is 0. The first-order chi connectivity index (χ1) is 10.9. The number of carbonyl (C=O) groups is 1. The molecule has 1 aromatic carbocycles. The summed E-state index contributed by atoms with van der Waals surface area (Å²) >= 11 is 0. The molecular weight excluding hydrogens is 303 g/mol. The maximum Gasteiger partial charge on any atom is 0.471 e. The number of carbonyl (C=O) groups excluding carboxylic acids is 1. The molecule has 0 saturated carbocycles. The molecule has 0 N–H and O–H groups in total. The predicted octanol–water partition coefficient (Wildman–Crippen LogP) is 4.87. The van der Waals surface area contributed by atoms with Crippen LogP contribution in [0.3, 0.4) is 0 Å². The van der Waals surface area contributed by atoms with Crippen molar-refractivity contribution >= 4 is 5.91 Å². The highest BCUT2D eigenvalue weighted by Crippen LogP contribution is 2.20. The number of halogens is 3. The molecule has 5 heteroatoms. The number of rotatable bonds is 8. The molecule has 0 bridgehead atoms. The number of hydrogen-bond acceptors (Lipinski definition) is 1. The lowest BCUT2D eigenvalue weighted by Gasteiger charge is -2.22. The summed E-state index contributed by atoms with van der Waals surface area (Å²) in [6.45, 7) is 1.91. The molecule has 0 radical (unpaired) electrons. The molecule has 126 valence electrons. The van der Waals surface area contributed by atoms with Crippen LogP contribution in [0.5, 0.6) is 0 Å². The smallest absolute Gasteiger partial charge is 0.326 e. The van der Waals surface area contributed by atoms with E-state index in [1.807, 2.05) is 0 Å². The highest BCUT2D eigenvalue weighted by molar-refractivity contribution is 5.82. The van der Waals surface area contributed by atoms with E-state index in [4.69, 9.17) is 0 Å². The van der Waals surface area contributed by atoms with Crippen LogP contribution < -0.4 is 0 Å². The average Bonchev–Trinajstić information content (AvgIpc) is 2.52. The summed E-state index contributed by atoms with van der Waals surface area (Å²) < 4.78 is 38.1. The molecule has 0 aromatic heterocycles. The Morgan fingerprint density at radius 1 is 1.17 bits per heavy atom. The molecule has 1 aromatic rings. The third-order valence-electron chi connectivity index (χ3n) is 3.25. The summed E-state index contributed by atoms with van der Waals surface area (Å²) in [5.74, 6) is -1.83. The third kappa shape index (κ3) is 7.71. The zero-order valence-electron chi connectivity index (χ0n) is 13.3. The van der Waals surface area contributed by atoms with E-state index < -0.39 is 12.1 Å². The molecule has 2 nitrogen and oxygen atoms in total. The Hall–Kier alpha value is -2.00. The standard InChI is InChI=1S/C18H22F3NO/c1-2-3-4-5-6-7-11-14-22(17(23)18(19,20)21)15-16-12-9-8-10-13-16/h6,8-13H,2-5,14-15H2,1H3. The van der Waals surface area contributed by atoms with Crippen molar-refractivity contribution in [3.63, 3.8) is 0 Å². The minimum absolute atomic E-state index is 0.0762. The van der Waals surface area contributed by atoms with E-state index in [1.165, 1.54) is 6.08 Å². The van der Waals surface area contributed by atoms with E-state index in [0.717, 1.165) is 30.6 Å². The van der Waals surface area contributed by atoms with Gasteiger partial charge in [-0.2, -0.15) is 13.2 Å². The molecule has 0 aliphatic heterocycles. The van der Waals surface area contributed by atoms with Gasteiger partial charge in [0.1, 0.15) is 0 Å². The Kier molecular flexibility index (Phi) is 8.20. The molecule has 0 unspecified atom stereocenters. The van der Waals surface area contributed by atoms with Crippen molar-refractivity contribution in [3.05, 3.63) is 53.8 Å². The molecule has 0 spiro atoms. The first-order valence-corrected chi connectivity index (χ1v) is 7.74. The van der Waals surface area contributed by atoms with E-state index in [1.54, 1.807) is 36.4 Å². The summed E-state index contributed by atoms with van der Waals surface area (Å²) in [5.41, 5.74) is 3.51. The lowest BCUT2D eigenvalue weighted by atomic mass is 10.2. The Balaban J connectivity index is 2.68. The van der Waals surface area contributed by atoms with E-state index in [-0.39, 0.29) is 13.1 Å². The van der Waals surface area contributed by atoms with Crippen molar-refractivity contribution in [3.8, 4) is 0 Å². The van der Waals surface area contributed by atoms with E-state index in [9.17, 15) is 18.0 Å². The van der Waals surface area contributed by atoms with Crippen LogP contribution in [0.15, 0.2) is 48.2 Å². The topological polar surface area (TPSA) is 20.3 Å². The molecule has 1 amide bonds. The Bertz CT molecular complexity index is 531. The van der Waals surface area contributed by atoms with Crippen LogP contribution in [-0.4, -0.2) is 23.5 Å². The molecule has 1 rings (SSSR count). The summed E-state index contributed by atoms with van der Waals surface area (Å²) in [6.07, 6.45) is 2.51. The number of amides is 1. The average molecular weight is 325 g/mol. The van der Waals surface area contributed by atoms with Crippen molar-refractivity contribution in [2.24, 2.45) is 0 Å². The summed E-state index contributed by atoms with van der Waals surface area (Å²) in [6, 6.07) is 8.63. The van der Waals surface area contributed by atoms with E-state index in [0.29, 0.717) is 5.56 Å². The van der Waals surface area contributed by atoms with Crippen LogP contribution in [0, 0.1) is 0 Å². The number of alkyl halides is 3. The maximum absolute atomic E-state index is 12.7. The van der Waals surface area contributed by atoms with Gasteiger partial charge in [-0.25, -0.2) is 0 Å². The largest absolute Gasteiger partial charge is 0.471 e. The van der Waals surface area contributed by atoms with Crippen molar-refractivity contribution < 1.29 is 18.0 Å². The van der Waals surface area contributed by atoms with Crippen molar-refractivity contribution in [1.82, 2.24) is 4.90 Å². The monoisotopic (exact) mass is 325 g/mol. The summed E-state index contributed by atoms with van der Waals surface area (Å²) in [4.78, 5) is 12.3. The lowest BCUT2D eigenvalue weighted by molar-refractivity contribution is -0.185. The van der Waals surface area contributed by atoms with Crippen LogP contribution in [0.25, 0.3) is 0 Å². The molecule has 0 saturated heterocycles. The van der Waals surface area contributed by atoms with Crippen molar-refractivity contribution in [1.29, 1.82) is 0 Å². The van der Waals surface area contributed by atoms with E-state index >= 15 is 0 Å². The Morgan fingerprint density at radius 2 is 1.87 bits per heavy atom. The highest BCUT2D eigenvalue weighted by atomic mass is 19.4. The number of nitrogens with zero attached hydrogens (tertiary/aromatic N) is 1. The van der Waals surface area contributed by atoms with Crippen molar-refractivity contribution in [2.75, 3.05) is 6.54 Å². The lowest BCUT2D eigenvalue weighted by Crippen LogP contribution is -2.40. The van der Waals surface area contributed by atoms with Gasteiger partial charge < -0.3 is 4.90 Å². The molecule has 0 fully saturated rings. The fraction of sp³-hybridized carbons (Fsp3) is 0.444. The Morgan fingerprint density at radius 3 is 2.48 bits per heavy atom. The zero-order chi connectivity index (χ0) is 17.1. The van der Waals surface area contributed by atoms with Gasteiger partial charge in [0.2, 0.25) is 0 Å². The fourth-order valence-electron chi connectivity index (χ4n) is 2.03. The second-order valence-electron chi connectivity index (χ2n) is 5.24. The highest BCUT2D eigenvalue weighted by Gasteiger charge is 2.42. The van der Waals surface area contributed by atoms with Gasteiger partial charge in [0.15, 0.2) is 0 Å². The van der Waals surface area contributed by atoms with Crippen LogP contribution in [0.4, 0.5) is 13.2 Å². The van der Waals surface area contributed by atoms with Gasteiger partial charge in [-0.1, -0.05) is 50.1 Å². The Labute approximate surface area is 135 Å². The predicted molar refractivity (Wildman–Crippen MR) is 84.7 cm³/mol. The first-order valence-electron chi connectivity index (χ1n) is 7.74. The van der Waals surface area contributed by atoms with Crippen LogP contribution in [-0.2, 0) is 11.3 Å². The molecule has 23 heavy (non-hydrogen) atoms. The normalized spacial score (nSPS) is 10.8. The molecule has 0 aliphatic carbocycles. The minimum atomic E-state index is -4.87. The first kappa shape index (κ1) is 19.0. The van der Waals surface area contributed by atoms with Gasteiger partial charge in [0.05, 0.1) is 0 Å². The van der Waals surface area contributed by atoms with Gasteiger partial charge in [0.25, 0.3) is 0 Å². The molecule has 0 atom stereocenters. The second-order valence-corrected chi connectivity index (χ2v) is 5.24. The number of hydrogen-bond donors (Lipinski definition) is 0. The van der Waals surface area contributed by atoms with Gasteiger partial charge in [-0.3, -0.25) is 4.79 Å². The SMILES string of the molecule is CCCCCC=C=CCN(Cc1ccccc1)C(=O)C(F)(F)F. The van der Waals surface area contributed by atoms with Crippen LogP contribution in [0.1, 0.15) is 38.2 Å². The summed E-state index contributed by atoms with van der Waals surface area (Å²) in [5, 5.41) is 0. The zero-order valence-corrected chi connectivity index (χ0v) is 13.3. The molecule has 0 heterocycles. The van der Waals surface area contributed by atoms with E-state index in [2.05, 4.69) is 12.7 Å². The van der Waals surface area contributed by atoms with Gasteiger partial charge in [-0.05, 0) is 30.6 Å². The number of benzene rings is 1. The van der Waals surface area contributed by atoms with Crippen LogP contribution >= 0.6 is 0 Å². The van der Waals surface area contributed by atoms with Gasteiger partial charge >= 0.3 is 12.1 Å². The minimum Gasteiger partial charge on any atom is -0.326 e. The van der Waals surface area contributed by atoms with Crippen molar-refractivity contribution in [2.45, 2.75) is 45.3 Å². The maximum atomic E-state index is 12.7. The van der Waals surface area contributed by atoms with Crippen LogP contribution in [0.2, 0.25) is 0 Å². The quantitative estimate of drug-likeness (QED) is 0.493. The molecule has 0 aliphatic rings. The molecular formula is C18H22F3NO.